The van der Waals surface area contributed by atoms with Crippen LogP contribution >= 0.6 is 0 Å². The van der Waals surface area contributed by atoms with Gasteiger partial charge in [-0.1, -0.05) is 24.3 Å². The first-order chi connectivity index (χ1) is 12.0. The van der Waals surface area contributed by atoms with E-state index >= 15 is 0 Å². The Balaban J connectivity index is 1.84. The van der Waals surface area contributed by atoms with Gasteiger partial charge in [-0.2, -0.15) is 0 Å². The van der Waals surface area contributed by atoms with Gasteiger partial charge in [-0.15, -0.1) is 0 Å². The molecule has 0 bridgehead atoms. The van der Waals surface area contributed by atoms with Gasteiger partial charge in [0, 0.05) is 6.07 Å². The van der Waals surface area contributed by atoms with Crippen LogP contribution in [0, 0.1) is 6.92 Å². The molecule has 0 fully saturated rings. The van der Waals surface area contributed by atoms with Crippen molar-refractivity contribution in [3.05, 3.63) is 64.9 Å². The number of hydrogen-bond acceptors (Lipinski definition) is 5. The number of ether oxygens (including phenoxy) is 3. The Morgan fingerprint density at radius 1 is 1.20 bits per heavy atom. The Hall–Kier alpha value is -3.08. The van der Waals surface area contributed by atoms with Crippen molar-refractivity contribution in [2.45, 2.75) is 20.0 Å². The molecule has 0 aromatic heterocycles. The zero-order chi connectivity index (χ0) is 18.0. The highest BCUT2D eigenvalue weighted by molar-refractivity contribution is 6.14. The van der Waals surface area contributed by atoms with Gasteiger partial charge in [0.25, 0.3) is 0 Å². The highest BCUT2D eigenvalue weighted by Crippen LogP contribution is 2.35. The van der Waals surface area contributed by atoms with Crippen LogP contribution in [0.15, 0.2) is 48.2 Å². The van der Waals surface area contributed by atoms with Gasteiger partial charge in [0.05, 0.1) is 12.7 Å². The van der Waals surface area contributed by atoms with E-state index in [-0.39, 0.29) is 11.5 Å². The van der Waals surface area contributed by atoms with Crippen LogP contribution in [0.3, 0.4) is 0 Å². The highest BCUT2D eigenvalue weighted by atomic mass is 16.6. The van der Waals surface area contributed by atoms with Gasteiger partial charge in [-0.25, -0.2) is 4.79 Å². The van der Waals surface area contributed by atoms with Crippen LogP contribution in [0.25, 0.3) is 6.08 Å². The average molecular weight is 338 g/mol. The molecule has 5 heteroatoms. The molecule has 25 heavy (non-hydrogen) atoms. The lowest BCUT2D eigenvalue weighted by molar-refractivity contribution is -0.147. The maximum Gasteiger partial charge on any atom is 0.346 e. The van der Waals surface area contributed by atoms with Crippen LogP contribution in [0.2, 0.25) is 0 Å². The predicted octanol–water partition coefficient (Wildman–Crippen LogP) is 3.55. The van der Waals surface area contributed by atoms with Crippen molar-refractivity contribution in [1.82, 2.24) is 0 Å². The van der Waals surface area contributed by atoms with E-state index in [1.807, 2.05) is 31.2 Å². The quantitative estimate of drug-likeness (QED) is 0.630. The van der Waals surface area contributed by atoms with Crippen molar-refractivity contribution in [2.24, 2.45) is 0 Å². The Morgan fingerprint density at radius 2 is 1.96 bits per heavy atom. The van der Waals surface area contributed by atoms with E-state index in [0.29, 0.717) is 17.1 Å². The number of Topliss-reactive ketones (excluding diaryl/α,β-unsaturated/α-hetero) is 1. The van der Waals surface area contributed by atoms with E-state index in [2.05, 4.69) is 4.74 Å². The van der Waals surface area contributed by atoms with Crippen LogP contribution < -0.4 is 9.47 Å². The standard InChI is InChI=1S/C20H18O5/c1-12-6-4-5-7-14(12)10-18-19(21)16-9-8-15(11-17(16)25-18)24-13(2)20(22)23-3/h4-11,13H,1-3H3/b18-10-. The second-order valence-corrected chi connectivity index (χ2v) is 5.74. The molecule has 1 atom stereocenters. The monoisotopic (exact) mass is 338 g/mol. The molecule has 2 aromatic rings. The Bertz CT molecular complexity index is 866. The number of ketones is 1. The van der Waals surface area contributed by atoms with Crippen molar-refractivity contribution in [2.75, 3.05) is 7.11 Å². The van der Waals surface area contributed by atoms with Crippen molar-refractivity contribution in [3.8, 4) is 11.5 Å². The van der Waals surface area contributed by atoms with E-state index in [0.717, 1.165) is 11.1 Å². The molecule has 1 aliphatic rings. The summed E-state index contributed by atoms with van der Waals surface area (Å²) in [5, 5.41) is 0. The first-order valence-corrected chi connectivity index (χ1v) is 7.88. The number of aryl methyl sites for hydroxylation is 1. The summed E-state index contributed by atoms with van der Waals surface area (Å²) in [5.41, 5.74) is 2.45. The Morgan fingerprint density at radius 3 is 2.68 bits per heavy atom. The van der Waals surface area contributed by atoms with Crippen molar-refractivity contribution in [3.63, 3.8) is 0 Å². The Kier molecular flexibility index (Phi) is 4.57. The molecule has 0 N–H and O–H groups in total. The molecule has 0 spiro atoms. The second-order valence-electron chi connectivity index (χ2n) is 5.74. The van der Waals surface area contributed by atoms with Crippen molar-refractivity contribution < 1.29 is 23.8 Å². The normalized spacial score (nSPS) is 15.5. The number of esters is 1. The maximum absolute atomic E-state index is 12.5. The van der Waals surface area contributed by atoms with Crippen LogP contribution in [-0.2, 0) is 9.53 Å². The molecular weight excluding hydrogens is 320 g/mol. The molecule has 0 saturated heterocycles. The summed E-state index contributed by atoms with van der Waals surface area (Å²) in [6, 6.07) is 12.6. The molecule has 0 amide bonds. The minimum atomic E-state index is -0.748. The molecular formula is C20H18O5. The summed E-state index contributed by atoms with van der Waals surface area (Å²) in [4.78, 5) is 23.9. The molecule has 3 rings (SSSR count). The van der Waals surface area contributed by atoms with Gasteiger partial charge < -0.3 is 14.2 Å². The van der Waals surface area contributed by atoms with E-state index in [1.165, 1.54) is 7.11 Å². The highest BCUT2D eigenvalue weighted by Gasteiger charge is 2.28. The second kappa shape index (κ2) is 6.81. The fraction of sp³-hybridized carbons (Fsp3) is 0.200. The number of carbonyl (C=O) groups excluding carboxylic acids is 2. The predicted molar refractivity (Wildman–Crippen MR) is 92.7 cm³/mol. The van der Waals surface area contributed by atoms with Gasteiger partial charge in [0.15, 0.2) is 11.9 Å². The number of carbonyl (C=O) groups is 2. The molecule has 0 radical (unpaired) electrons. The summed E-state index contributed by atoms with van der Waals surface area (Å²) in [6.07, 6.45) is 0.983. The third kappa shape index (κ3) is 3.40. The van der Waals surface area contributed by atoms with Gasteiger partial charge >= 0.3 is 5.97 Å². The third-order valence-electron chi connectivity index (χ3n) is 3.96. The van der Waals surface area contributed by atoms with E-state index in [4.69, 9.17) is 9.47 Å². The molecule has 0 aliphatic carbocycles. The van der Waals surface area contributed by atoms with Crippen LogP contribution in [0.1, 0.15) is 28.4 Å². The van der Waals surface area contributed by atoms with Gasteiger partial charge in [-0.05, 0) is 43.2 Å². The van der Waals surface area contributed by atoms with Gasteiger partial charge in [0.1, 0.15) is 11.5 Å². The minimum Gasteiger partial charge on any atom is -0.479 e. The molecule has 2 aromatic carbocycles. The fourth-order valence-electron chi connectivity index (χ4n) is 2.55. The molecule has 5 nitrogen and oxygen atoms in total. The molecule has 128 valence electrons. The van der Waals surface area contributed by atoms with Crippen molar-refractivity contribution in [1.29, 1.82) is 0 Å². The molecule has 1 aliphatic heterocycles. The number of rotatable bonds is 4. The van der Waals surface area contributed by atoms with Crippen LogP contribution in [0.4, 0.5) is 0 Å². The number of benzene rings is 2. The third-order valence-corrected chi connectivity index (χ3v) is 3.96. The number of allylic oxidation sites excluding steroid dienone is 1. The molecule has 0 saturated carbocycles. The van der Waals surface area contributed by atoms with Crippen LogP contribution in [0.5, 0.6) is 11.5 Å². The number of fused-ring (bicyclic) bond motifs is 1. The fourth-order valence-corrected chi connectivity index (χ4v) is 2.55. The largest absolute Gasteiger partial charge is 0.479 e. The summed E-state index contributed by atoms with van der Waals surface area (Å²) in [6.45, 7) is 3.56. The number of hydrogen-bond donors (Lipinski definition) is 0. The summed E-state index contributed by atoms with van der Waals surface area (Å²) in [7, 11) is 1.30. The topological polar surface area (TPSA) is 61.8 Å². The zero-order valence-corrected chi connectivity index (χ0v) is 14.2. The van der Waals surface area contributed by atoms with Crippen LogP contribution in [-0.4, -0.2) is 25.0 Å². The van der Waals surface area contributed by atoms with E-state index in [9.17, 15) is 9.59 Å². The maximum atomic E-state index is 12.5. The SMILES string of the molecule is COC(=O)C(C)Oc1ccc2c(c1)O/C(=C\c1ccccc1C)C2=O. The van der Waals surface area contributed by atoms with Crippen molar-refractivity contribution >= 4 is 17.8 Å². The lowest BCUT2D eigenvalue weighted by Gasteiger charge is -2.12. The first kappa shape index (κ1) is 16.8. The minimum absolute atomic E-state index is 0.175. The van der Waals surface area contributed by atoms with E-state index in [1.54, 1.807) is 31.2 Å². The Labute approximate surface area is 145 Å². The van der Waals surface area contributed by atoms with Gasteiger partial charge in [-0.3, -0.25) is 4.79 Å². The summed E-state index contributed by atoms with van der Waals surface area (Å²) >= 11 is 0. The molecule has 1 unspecified atom stereocenters. The molecule has 1 heterocycles. The van der Waals surface area contributed by atoms with E-state index < -0.39 is 12.1 Å². The van der Waals surface area contributed by atoms with Gasteiger partial charge in [0.2, 0.25) is 5.78 Å². The summed E-state index contributed by atoms with van der Waals surface area (Å²) in [5.74, 6) is 0.465. The first-order valence-electron chi connectivity index (χ1n) is 7.88. The average Bonchev–Trinajstić information content (AvgIpc) is 2.91. The summed E-state index contributed by atoms with van der Waals surface area (Å²) < 4.78 is 15.8. The number of methoxy groups -OCH3 is 1. The lowest BCUT2D eigenvalue weighted by Crippen LogP contribution is -2.24. The lowest BCUT2D eigenvalue weighted by atomic mass is 10.1. The zero-order valence-electron chi connectivity index (χ0n) is 14.2. The smallest absolute Gasteiger partial charge is 0.346 e.